The van der Waals surface area contributed by atoms with Gasteiger partial charge in [0, 0.05) is 79.1 Å². The first kappa shape index (κ1) is 61.6. The molecule has 0 unspecified atom stereocenters. The van der Waals surface area contributed by atoms with E-state index < -0.39 is 5.97 Å². The molecule has 15 nitrogen and oxygen atoms in total. The van der Waals surface area contributed by atoms with Gasteiger partial charge in [-0.3, -0.25) is 43.5 Å². The molecular formula is C73H83N3O12. The number of benzene rings is 6. The van der Waals surface area contributed by atoms with Crippen LogP contribution < -0.4 is 23.7 Å². The Balaban J connectivity index is 0.000000137. The van der Waals surface area contributed by atoms with Crippen LogP contribution in [-0.2, 0) is 4.79 Å². The van der Waals surface area contributed by atoms with E-state index in [9.17, 15) is 33.6 Å². The first-order valence-electron chi connectivity index (χ1n) is 32.6. The lowest BCUT2D eigenvalue weighted by atomic mass is 9.88. The second-order valence-corrected chi connectivity index (χ2v) is 24.6. The van der Waals surface area contributed by atoms with E-state index in [4.69, 9.17) is 23.7 Å². The fraction of sp³-hybridized carbons (Fsp3) is 0.466. The van der Waals surface area contributed by atoms with Crippen LogP contribution in [0.5, 0.6) is 28.7 Å². The molecule has 6 aromatic rings. The Morgan fingerprint density at radius 3 is 1.25 bits per heavy atom. The van der Waals surface area contributed by atoms with Crippen molar-refractivity contribution in [3.8, 4) is 28.7 Å². The fourth-order valence-corrected chi connectivity index (χ4v) is 14.6. The lowest BCUT2D eigenvalue weighted by Crippen LogP contribution is -2.47. The van der Waals surface area contributed by atoms with Crippen molar-refractivity contribution in [3.63, 3.8) is 0 Å². The predicted molar refractivity (Wildman–Crippen MR) is 339 cm³/mol. The number of carbonyl (C=O) groups is 7. The van der Waals surface area contributed by atoms with Gasteiger partial charge in [0.2, 0.25) is 0 Å². The molecule has 88 heavy (non-hydrogen) atoms. The maximum absolute atomic E-state index is 13.4. The van der Waals surface area contributed by atoms with E-state index in [2.05, 4.69) is 13.5 Å². The van der Waals surface area contributed by atoms with E-state index in [0.717, 1.165) is 137 Å². The second kappa shape index (κ2) is 28.0. The Morgan fingerprint density at radius 2 is 0.807 bits per heavy atom. The van der Waals surface area contributed by atoms with Crippen LogP contribution in [0, 0.1) is 0 Å². The summed E-state index contributed by atoms with van der Waals surface area (Å²) in [5.74, 6) is 0.916. The van der Waals surface area contributed by atoms with Crippen molar-refractivity contribution >= 4 is 73.7 Å². The van der Waals surface area contributed by atoms with Gasteiger partial charge in [0.1, 0.15) is 28.7 Å². The highest BCUT2D eigenvalue weighted by molar-refractivity contribution is 6.29. The molecule has 0 aromatic heterocycles. The average molecular weight is 1190 g/mol. The number of hydrogen-bond donors (Lipinski definition) is 0. The normalized spacial score (nSPS) is 18.2. The molecule has 13 rings (SSSR count). The Kier molecular flexibility index (Phi) is 19.6. The summed E-state index contributed by atoms with van der Waals surface area (Å²) in [5.41, 5.74) is 3.29. The zero-order valence-corrected chi connectivity index (χ0v) is 51.4. The molecule has 0 bridgehead atoms. The first-order chi connectivity index (χ1) is 43.0. The molecule has 462 valence electrons. The third kappa shape index (κ3) is 12.3. The van der Waals surface area contributed by atoms with Gasteiger partial charge >= 0.3 is 5.97 Å². The maximum atomic E-state index is 13.4. The minimum absolute atomic E-state index is 0.00214. The number of unbranched alkanes of at least 4 members (excludes halogenated alkanes) is 5. The Morgan fingerprint density at radius 1 is 0.432 bits per heavy atom. The summed E-state index contributed by atoms with van der Waals surface area (Å²) in [6.07, 6.45) is 29.5. The van der Waals surface area contributed by atoms with Crippen LogP contribution in [0.4, 0.5) is 0 Å². The van der Waals surface area contributed by atoms with Crippen molar-refractivity contribution in [2.24, 2.45) is 0 Å². The number of rotatable bonds is 17. The highest BCUT2D eigenvalue weighted by Crippen LogP contribution is 2.45. The highest BCUT2D eigenvalue weighted by atomic mass is 16.5. The quantitative estimate of drug-likeness (QED) is 0.0278. The summed E-state index contributed by atoms with van der Waals surface area (Å²) in [5, 5.41) is 3.99. The third-order valence-corrected chi connectivity index (χ3v) is 19.1. The standard InChI is InChI=1S/C27H35NO4.C24H27NO3.C22H21NO5/c1-3-4-5-6-7-11-18-32-23-17-15-21-24-20(14-16-22(31-2)25(23)24)26(29)28(27(21)30)19-12-9-8-10-13-19;26-23-19-13-7-12-18-21(28-17-10-5-2-6-11-17)15-14-20(22(18)19)24(27)25(23)16-8-3-1-4-9-16;1-3-18(24)28-17-12-10-15-19-14(9-11-16(27-2)20(17)19)21(25)23(22(15)26)13-7-5-4-6-8-13/h14-17,19H,3-13,18H2,1-2H3;7,12-17H,1-6,8-11H2;3,9-13H,1,4-8H2,2H3. The summed E-state index contributed by atoms with van der Waals surface area (Å²) < 4.78 is 28.8. The van der Waals surface area contributed by atoms with Gasteiger partial charge in [-0.2, -0.15) is 0 Å². The van der Waals surface area contributed by atoms with Crippen LogP contribution in [0.25, 0.3) is 32.3 Å². The van der Waals surface area contributed by atoms with Gasteiger partial charge in [-0.1, -0.05) is 122 Å². The molecule has 4 fully saturated rings. The monoisotopic (exact) mass is 1190 g/mol. The topological polar surface area (TPSA) is 175 Å². The smallest absolute Gasteiger partial charge is 0.335 e. The largest absolute Gasteiger partial charge is 0.496 e. The summed E-state index contributed by atoms with van der Waals surface area (Å²) in [4.78, 5) is 96.1. The molecule has 4 saturated carbocycles. The Labute approximate surface area is 516 Å². The zero-order valence-electron chi connectivity index (χ0n) is 51.4. The van der Waals surface area contributed by atoms with Crippen LogP contribution in [0.2, 0.25) is 0 Å². The van der Waals surface area contributed by atoms with E-state index in [1.165, 1.54) is 79.6 Å². The van der Waals surface area contributed by atoms with Gasteiger partial charge < -0.3 is 23.7 Å². The minimum Gasteiger partial charge on any atom is -0.496 e. The number of amides is 6. The van der Waals surface area contributed by atoms with Gasteiger partial charge in [0.05, 0.1) is 37.7 Å². The second-order valence-electron chi connectivity index (χ2n) is 24.6. The molecule has 15 heteroatoms. The van der Waals surface area contributed by atoms with E-state index in [1.807, 2.05) is 48.5 Å². The first-order valence-corrected chi connectivity index (χ1v) is 32.6. The fourth-order valence-electron chi connectivity index (χ4n) is 14.6. The van der Waals surface area contributed by atoms with Crippen LogP contribution in [-0.4, -0.2) is 101 Å². The number of imide groups is 3. The lowest BCUT2D eigenvalue weighted by molar-refractivity contribution is -0.128. The Bertz CT molecular complexity index is 3590. The minimum atomic E-state index is -0.625. The van der Waals surface area contributed by atoms with Crippen molar-refractivity contribution in [3.05, 3.63) is 125 Å². The molecule has 6 aromatic carbocycles. The van der Waals surface area contributed by atoms with Gasteiger partial charge in [-0.05, 0) is 137 Å². The molecule has 0 saturated heterocycles. The van der Waals surface area contributed by atoms with E-state index in [-0.39, 0.29) is 65.4 Å². The molecule has 7 aliphatic rings. The molecule has 0 spiro atoms. The molecule has 6 amide bonds. The number of nitrogens with zero attached hydrogens (tertiary/aromatic N) is 3. The Hall–Kier alpha value is -8.07. The summed E-state index contributed by atoms with van der Waals surface area (Å²) >= 11 is 0. The molecule has 3 heterocycles. The van der Waals surface area contributed by atoms with Crippen LogP contribution >= 0.6 is 0 Å². The molecule has 3 aliphatic heterocycles. The molecule has 0 atom stereocenters. The SMILES string of the molecule is C=CC(=O)Oc1ccc2c3c(ccc(OC)c13)C(=O)N(C1CCCCC1)C2=O.CCCCCCCCOc1ccc2c3c(ccc(OC)c13)C(=O)N(C1CCCCC1)C2=O.O=C1c2cccc3c(OC4CCCCC4)ccc(c23)C(=O)N1C1CCCCC1. The summed E-state index contributed by atoms with van der Waals surface area (Å²) in [6, 6.07) is 23.4. The van der Waals surface area contributed by atoms with Crippen LogP contribution in [0.15, 0.2) is 91.5 Å². The van der Waals surface area contributed by atoms with Crippen molar-refractivity contribution in [2.45, 2.75) is 198 Å². The lowest BCUT2D eigenvalue weighted by Gasteiger charge is -2.36. The number of hydrogen-bond acceptors (Lipinski definition) is 12. The number of methoxy groups -OCH3 is 2. The number of carbonyl (C=O) groups excluding carboxylic acids is 7. The van der Waals surface area contributed by atoms with Gasteiger partial charge in [-0.25, -0.2) is 4.79 Å². The van der Waals surface area contributed by atoms with E-state index in [1.54, 1.807) is 37.4 Å². The predicted octanol–water partition coefficient (Wildman–Crippen LogP) is 15.9. The van der Waals surface area contributed by atoms with E-state index in [0.29, 0.717) is 73.4 Å². The van der Waals surface area contributed by atoms with Crippen molar-refractivity contribution in [2.75, 3.05) is 20.8 Å². The summed E-state index contributed by atoms with van der Waals surface area (Å²) in [7, 11) is 3.10. The van der Waals surface area contributed by atoms with Crippen LogP contribution in [0.3, 0.4) is 0 Å². The van der Waals surface area contributed by atoms with E-state index >= 15 is 0 Å². The third-order valence-electron chi connectivity index (χ3n) is 19.1. The molecular weight excluding hydrogens is 1110 g/mol. The van der Waals surface area contributed by atoms with Gasteiger partial charge in [0.15, 0.2) is 0 Å². The zero-order chi connectivity index (χ0) is 61.4. The number of ether oxygens (including phenoxy) is 5. The van der Waals surface area contributed by atoms with Gasteiger partial charge in [0.25, 0.3) is 35.4 Å². The van der Waals surface area contributed by atoms with Crippen molar-refractivity contribution in [1.82, 2.24) is 14.7 Å². The van der Waals surface area contributed by atoms with Crippen LogP contribution in [0.1, 0.15) is 236 Å². The highest BCUT2D eigenvalue weighted by Gasteiger charge is 2.42. The molecule has 0 radical (unpaired) electrons. The van der Waals surface area contributed by atoms with Crippen molar-refractivity contribution in [1.29, 1.82) is 0 Å². The molecule has 4 aliphatic carbocycles. The number of esters is 1. The van der Waals surface area contributed by atoms with Gasteiger partial charge in [-0.15, -0.1) is 0 Å². The summed E-state index contributed by atoms with van der Waals surface area (Å²) in [6.45, 7) is 6.24. The molecule has 0 N–H and O–H groups in total. The van der Waals surface area contributed by atoms with Crippen molar-refractivity contribution < 1.29 is 57.2 Å². The average Bonchev–Trinajstić information content (AvgIpc) is 0.852. The maximum Gasteiger partial charge on any atom is 0.335 e.